The van der Waals surface area contributed by atoms with Gasteiger partial charge in [-0.05, 0) is 43.8 Å². The number of thioether (sulfide) groups is 1. The smallest absolute Gasteiger partial charge is 0.241 e. The van der Waals surface area contributed by atoms with Gasteiger partial charge in [-0.15, -0.1) is 0 Å². The molecule has 0 bridgehead atoms. The maximum atomic E-state index is 12.4. The third-order valence-electron chi connectivity index (χ3n) is 2.98. The Morgan fingerprint density at radius 3 is 2.65 bits per heavy atom. The molecule has 4 nitrogen and oxygen atoms in total. The van der Waals surface area contributed by atoms with E-state index >= 15 is 0 Å². The van der Waals surface area contributed by atoms with Crippen LogP contribution >= 0.6 is 11.8 Å². The molecule has 0 aromatic heterocycles. The van der Waals surface area contributed by atoms with E-state index in [0.717, 1.165) is 22.6 Å². The van der Waals surface area contributed by atoms with Gasteiger partial charge in [0.2, 0.25) is 10.0 Å². The van der Waals surface area contributed by atoms with E-state index < -0.39 is 10.0 Å². The Morgan fingerprint density at radius 1 is 1.35 bits per heavy atom. The summed E-state index contributed by atoms with van der Waals surface area (Å²) < 4.78 is 27.6. The van der Waals surface area contributed by atoms with Gasteiger partial charge in [0.15, 0.2) is 0 Å². The molecule has 0 aliphatic heterocycles. The maximum absolute atomic E-state index is 12.4. The van der Waals surface area contributed by atoms with Gasteiger partial charge in [-0.1, -0.05) is 19.1 Å². The molecule has 0 aliphatic rings. The predicted octanol–water partition coefficient (Wildman–Crippen LogP) is 2.13. The van der Waals surface area contributed by atoms with Gasteiger partial charge in [0.05, 0.1) is 4.90 Å². The van der Waals surface area contributed by atoms with Crippen LogP contribution in [0.3, 0.4) is 0 Å². The molecule has 20 heavy (non-hydrogen) atoms. The minimum Gasteiger partial charge on any atom is -0.316 e. The Balaban J connectivity index is 2.95. The highest BCUT2D eigenvalue weighted by Gasteiger charge is 2.20. The minimum absolute atomic E-state index is 0.0719. The highest BCUT2D eigenvalue weighted by atomic mass is 32.2. The van der Waals surface area contributed by atoms with Crippen molar-refractivity contribution in [3.63, 3.8) is 0 Å². The Hall–Kier alpha value is -0.560. The van der Waals surface area contributed by atoms with Crippen molar-refractivity contribution in [2.24, 2.45) is 0 Å². The van der Waals surface area contributed by atoms with E-state index in [0.29, 0.717) is 11.4 Å². The summed E-state index contributed by atoms with van der Waals surface area (Å²) in [5.74, 6) is 1.77. The summed E-state index contributed by atoms with van der Waals surface area (Å²) >= 11 is 1.73. The summed E-state index contributed by atoms with van der Waals surface area (Å²) in [5, 5.41) is 3.05. The van der Waals surface area contributed by atoms with Crippen molar-refractivity contribution in [2.75, 3.05) is 18.6 Å². The molecule has 1 rings (SSSR count). The summed E-state index contributed by atoms with van der Waals surface area (Å²) in [6.45, 7) is 6.48. The molecule has 6 heteroatoms. The summed E-state index contributed by atoms with van der Waals surface area (Å²) in [5.41, 5.74) is 1.82. The van der Waals surface area contributed by atoms with E-state index in [1.807, 2.05) is 27.0 Å². The Labute approximate surface area is 126 Å². The van der Waals surface area contributed by atoms with Gasteiger partial charge in [-0.3, -0.25) is 0 Å². The van der Waals surface area contributed by atoms with Crippen LogP contribution in [-0.4, -0.2) is 33.0 Å². The van der Waals surface area contributed by atoms with Gasteiger partial charge in [0.25, 0.3) is 0 Å². The van der Waals surface area contributed by atoms with E-state index in [1.54, 1.807) is 23.9 Å². The molecule has 0 saturated heterocycles. The van der Waals surface area contributed by atoms with Crippen LogP contribution in [0, 0.1) is 6.92 Å². The fourth-order valence-corrected chi connectivity index (χ4v) is 4.30. The third-order valence-corrected chi connectivity index (χ3v) is 5.86. The first-order valence-electron chi connectivity index (χ1n) is 6.75. The molecule has 0 amide bonds. The molecule has 0 heterocycles. The molecule has 0 fully saturated rings. The van der Waals surface area contributed by atoms with Crippen LogP contribution in [-0.2, 0) is 16.6 Å². The summed E-state index contributed by atoms with van der Waals surface area (Å²) in [4.78, 5) is 0.374. The molecule has 0 saturated carbocycles. The van der Waals surface area contributed by atoms with E-state index in [4.69, 9.17) is 0 Å². The standard InChI is InChI=1S/C14H24N2O2S2/c1-5-19-10-11(2)16-20(17,18)14-8-6-7-13(9-15-4)12(14)3/h6-8,11,15-16H,5,9-10H2,1-4H3. The van der Waals surface area contributed by atoms with Crippen molar-refractivity contribution in [3.05, 3.63) is 29.3 Å². The predicted molar refractivity (Wildman–Crippen MR) is 86.7 cm³/mol. The molecular weight excluding hydrogens is 292 g/mol. The quantitative estimate of drug-likeness (QED) is 0.771. The van der Waals surface area contributed by atoms with Crippen molar-refractivity contribution >= 4 is 21.8 Å². The first-order valence-corrected chi connectivity index (χ1v) is 9.39. The lowest BCUT2D eigenvalue weighted by Gasteiger charge is -2.16. The van der Waals surface area contributed by atoms with E-state index in [1.165, 1.54) is 0 Å². The number of rotatable bonds is 8. The van der Waals surface area contributed by atoms with Crippen molar-refractivity contribution in [3.8, 4) is 0 Å². The van der Waals surface area contributed by atoms with Crippen LogP contribution in [0.4, 0.5) is 0 Å². The van der Waals surface area contributed by atoms with Gasteiger partial charge >= 0.3 is 0 Å². The SMILES string of the molecule is CCSCC(C)NS(=O)(=O)c1cccc(CNC)c1C. The maximum Gasteiger partial charge on any atom is 0.241 e. The average Bonchev–Trinajstić information content (AvgIpc) is 2.38. The topological polar surface area (TPSA) is 58.2 Å². The second kappa shape index (κ2) is 8.02. The first kappa shape index (κ1) is 17.5. The van der Waals surface area contributed by atoms with Gasteiger partial charge in [0, 0.05) is 18.3 Å². The number of sulfonamides is 1. The highest BCUT2D eigenvalue weighted by Crippen LogP contribution is 2.19. The molecule has 114 valence electrons. The Bertz CT molecular complexity index is 530. The van der Waals surface area contributed by atoms with Crippen molar-refractivity contribution in [1.82, 2.24) is 10.0 Å². The number of hydrogen-bond donors (Lipinski definition) is 2. The Kier molecular flexibility index (Phi) is 7.02. The molecule has 1 aromatic rings. The monoisotopic (exact) mass is 316 g/mol. The van der Waals surface area contributed by atoms with Crippen LogP contribution in [0.1, 0.15) is 25.0 Å². The zero-order valence-electron chi connectivity index (χ0n) is 12.6. The lowest BCUT2D eigenvalue weighted by Crippen LogP contribution is -2.34. The van der Waals surface area contributed by atoms with Gasteiger partial charge in [-0.2, -0.15) is 11.8 Å². The number of nitrogens with one attached hydrogen (secondary N) is 2. The van der Waals surface area contributed by atoms with Gasteiger partial charge in [0.1, 0.15) is 0 Å². The lowest BCUT2D eigenvalue weighted by atomic mass is 10.1. The third kappa shape index (κ3) is 4.77. The van der Waals surface area contributed by atoms with E-state index in [-0.39, 0.29) is 6.04 Å². The van der Waals surface area contributed by atoms with Gasteiger partial charge < -0.3 is 5.32 Å². The van der Waals surface area contributed by atoms with E-state index in [9.17, 15) is 8.42 Å². The molecule has 0 spiro atoms. The normalized spacial score (nSPS) is 13.4. The zero-order valence-corrected chi connectivity index (χ0v) is 14.2. The van der Waals surface area contributed by atoms with Crippen LogP contribution < -0.4 is 10.0 Å². The minimum atomic E-state index is -3.45. The summed E-state index contributed by atoms with van der Waals surface area (Å²) in [6.07, 6.45) is 0. The highest BCUT2D eigenvalue weighted by molar-refractivity contribution is 7.99. The second-order valence-electron chi connectivity index (χ2n) is 4.75. The van der Waals surface area contributed by atoms with Crippen molar-refractivity contribution in [1.29, 1.82) is 0 Å². The molecule has 1 aromatic carbocycles. The number of hydrogen-bond acceptors (Lipinski definition) is 4. The van der Waals surface area contributed by atoms with Crippen LogP contribution in [0.2, 0.25) is 0 Å². The largest absolute Gasteiger partial charge is 0.316 e. The molecule has 0 radical (unpaired) electrons. The summed E-state index contributed by atoms with van der Waals surface area (Å²) in [7, 11) is -1.60. The van der Waals surface area contributed by atoms with Crippen LogP contribution in [0.15, 0.2) is 23.1 Å². The summed E-state index contributed by atoms with van der Waals surface area (Å²) in [6, 6.07) is 5.33. The average molecular weight is 316 g/mol. The molecule has 2 N–H and O–H groups in total. The van der Waals surface area contributed by atoms with Crippen LogP contribution in [0.5, 0.6) is 0 Å². The van der Waals surface area contributed by atoms with Gasteiger partial charge in [-0.25, -0.2) is 13.1 Å². The van der Waals surface area contributed by atoms with Crippen molar-refractivity contribution < 1.29 is 8.42 Å². The molecule has 1 atom stereocenters. The fourth-order valence-electron chi connectivity index (χ4n) is 1.99. The van der Waals surface area contributed by atoms with E-state index in [2.05, 4.69) is 17.0 Å². The second-order valence-corrected chi connectivity index (χ2v) is 7.75. The fraction of sp³-hybridized carbons (Fsp3) is 0.571. The first-order chi connectivity index (χ1) is 9.42. The Morgan fingerprint density at radius 2 is 2.05 bits per heavy atom. The number of benzene rings is 1. The molecular formula is C14H24N2O2S2. The molecule has 1 unspecified atom stereocenters. The van der Waals surface area contributed by atoms with Crippen molar-refractivity contribution in [2.45, 2.75) is 38.3 Å². The lowest BCUT2D eigenvalue weighted by molar-refractivity contribution is 0.570. The zero-order chi connectivity index (χ0) is 15.2. The molecule has 0 aliphatic carbocycles. The van der Waals surface area contributed by atoms with Crippen LogP contribution in [0.25, 0.3) is 0 Å².